The van der Waals surface area contributed by atoms with E-state index in [-0.39, 0.29) is 24.2 Å². The zero-order valence-corrected chi connectivity index (χ0v) is 17.7. The first-order valence-corrected chi connectivity index (χ1v) is 10.6. The molecule has 1 heterocycles. The third kappa shape index (κ3) is 4.56. The normalized spacial score (nSPS) is 13.6. The Morgan fingerprint density at radius 2 is 1.87 bits per heavy atom. The minimum atomic E-state index is -0.0458. The molecule has 4 rings (SSSR count). The molecule has 156 valence electrons. The number of furan rings is 1. The van der Waals surface area contributed by atoms with Gasteiger partial charge < -0.3 is 15.1 Å². The highest BCUT2D eigenvalue weighted by atomic mass is 16.3. The molecule has 0 bridgehead atoms. The number of nitrogens with one attached hydrogen (secondary N) is 2. The SMILES string of the molecule is Cc1cc2occ(CC(=O)NCc3ccc(NC(=O)C4CC4)cc3)c2cc1C(C)C. The molecule has 0 saturated heterocycles. The van der Waals surface area contributed by atoms with Crippen LogP contribution >= 0.6 is 0 Å². The summed E-state index contributed by atoms with van der Waals surface area (Å²) < 4.78 is 5.68. The van der Waals surface area contributed by atoms with Gasteiger partial charge in [0.1, 0.15) is 5.58 Å². The number of amides is 2. The number of aryl methyl sites for hydroxylation is 1. The first kappa shape index (κ1) is 20.2. The van der Waals surface area contributed by atoms with Crippen molar-refractivity contribution in [1.82, 2.24) is 5.32 Å². The van der Waals surface area contributed by atoms with E-state index >= 15 is 0 Å². The monoisotopic (exact) mass is 404 g/mol. The maximum absolute atomic E-state index is 12.5. The molecule has 1 saturated carbocycles. The van der Waals surface area contributed by atoms with Crippen molar-refractivity contribution in [2.24, 2.45) is 5.92 Å². The molecule has 1 aromatic heterocycles. The van der Waals surface area contributed by atoms with Gasteiger partial charge in [-0.1, -0.05) is 26.0 Å². The number of rotatable bonds is 7. The van der Waals surface area contributed by atoms with Gasteiger partial charge in [0.2, 0.25) is 11.8 Å². The van der Waals surface area contributed by atoms with Crippen LogP contribution in [0, 0.1) is 12.8 Å². The number of hydrogen-bond acceptors (Lipinski definition) is 3. The fraction of sp³-hybridized carbons (Fsp3) is 0.360. The van der Waals surface area contributed by atoms with Crippen LogP contribution in [0.3, 0.4) is 0 Å². The predicted octanol–water partition coefficient (Wildman–Crippen LogP) is 5.07. The third-order valence-electron chi connectivity index (χ3n) is 5.67. The van der Waals surface area contributed by atoms with Crippen LogP contribution in [0.15, 0.2) is 47.1 Å². The lowest BCUT2D eigenvalue weighted by Gasteiger charge is -2.10. The Bertz CT molecular complexity index is 1080. The van der Waals surface area contributed by atoms with E-state index in [1.54, 1.807) is 6.26 Å². The van der Waals surface area contributed by atoms with Crippen molar-refractivity contribution in [3.63, 3.8) is 0 Å². The Morgan fingerprint density at radius 3 is 2.53 bits per heavy atom. The van der Waals surface area contributed by atoms with Crippen LogP contribution in [-0.4, -0.2) is 11.8 Å². The van der Waals surface area contributed by atoms with Gasteiger partial charge in [0.15, 0.2) is 0 Å². The summed E-state index contributed by atoms with van der Waals surface area (Å²) in [5.74, 6) is 0.654. The number of carbonyl (C=O) groups excluding carboxylic acids is 2. The summed E-state index contributed by atoms with van der Waals surface area (Å²) in [6, 6.07) is 11.8. The van der Waals surface area contributed by atoms with Crippen molar-refractivity contribution in [2.45, 2.75) is 52.5 Å². The van der Waals surface area contributed by atoms with Gasteiger partial charge in [-0.05, 0) is 66.6 Å². The van der Waals surface area contributed by atoms with Gasteiger partial charge in [0.25, 0.3) is 0 Å². The standard InChI is InChI=1S/C25H28N2O3/c1-15(2)21-12-22-19(14-30-23(22)10-16(21)3)11-24(28)26-13-17-4-8-20(9-5-17)27-25(29)18-6-7-18/h4-5,8-10,12,14-15,18H,6-7,11,13H2,1-3H3,(H,26,28)(H,27,29). The Kier molecular flexibility index (Phi) is 5.62. The second-order valence-corrected chi connectivity index (χ2v) is 8.53. The predicted molar refractivity (Wildman–Crippen MR) is 118 cm³/mol. The fourth-order valence-corrected chi connectivity index (χ4v) is 3.74. The largest absolute Gasteiger partial charge is 0.464 e. The molecule has 2 aromatic carbocycles. The first-order chi connectivity index (χ1) is 14.4. The van der Waals surface area contributed by atoms with Crippen molar-refractivity contribution in [3.05, 3.63) is 64.9 Å². The van der Waals surface area contributed by atoms with E-state index in [4.69, 9.17) is 4.42 Å². The molecule has 5 nitrogen and oxygen atoms in total. The Labute approximate surface area is 176 Å². The number of carbonyl (C=O) groups is 2. The summed E-state index contributed by atoms with van der Waals surface area (Å²) in [4.78, 5) is 24.3. The van der Waals surface area contributed by atoms with Crippen molar-refractivity contribution < 1.29 is 14.0 Å². The number of hydrogen-bond donors (Lipinski definition) is 2. The maximum Gasteiger partial charge on any atom is 0.227 e. The van der Waals surface area contributed by atoms with Gasteiger partial charge in [-0.25, -0.2) is 0 Å². The molecule has 0 radical (unpaired) electrons. The average Bonchev–Trinajstić information content (AvgIpc) is 3.50. The fourth-order valence-electron chi connectivity index (χ4n) is 3.74. The quantitative estimate of drug-likeness (QED) is 0.577. The molecule has 0 spiro atoms. The van der Waals surface area contributed by atoms with E-state index in [9.17, 15) is 9.59 Å². The van der Waals surface area contributed by atoms with E-state index in [2.05, 4.69) is 43.5 Å². The molecule has 30 heavy (non-hydrogen) atoms. The maximum atomic E-state index is 12.5. The third-order valence-corrected chi connectivity index (χ3v) is 5.67. The summed E-state index contributed by atoms with van der Waals surface area (Å²) in [6.07, 6.45) is 3.94. The molecule has 2 N–H and O–H groups in total. The molecule has 0 aliphatic heterocycles. The second kappa shape index (κ2) is 8.34. The van der Waals surface area contributed by atoms with Gasteiger partial charge in [0.05, 0.1) is 12.7 Å². The molecule has 1 aliphatic rings. The molecule has 3 aromatic rings. The second-order valence-electron chi connectivity index (χ2n) is 8.53. The number of fused-ring (bicyclic) bond motifs is 1. The zero-order chi connectivity index (χ0) is 21.3. The van der Waals surface area contributed by atoms with E-state index in [1.165, 1.54) is 11.1 Å². The van der Waals surface area contributed by atoms with Crippen molar-refractivity contribution in [1.29, 1.82) is 0 Å². The zero-order valence-electron chi connectivity index (χ0n) is 17.7. The summed E-state index contributed by atoms with van der Waals surface area (Å²) in [6.45, 7) is 6.88. The number of benzene rings is 2. The minimum Gasteiger partial charge on any atom is -0.464 e. The van der Waals surface area contributed by atoms with Gasteiger partial charge >= 0.3 is 0 Å². The van der Waals surface area contributed by atoms with Crippen molar-refractivity contribution in [2.75, 3.05) is 5.32 Å². The molecule has 5 heteroatoms. The van der Waals surface area contributed by atoms with Gasteiger partial charge in [-0.15, -0.1) is 0 Å². The highest BCUT2D eigenvalue weighted by molar-refractivity contribution is 5.94. The lowest BCUT2D eigenvalue weighted by molar-refractivity contribution is -0.120. The first-order valence-electron chi connectivity index (χ1n) is 10.6. The molecule has 0 atom stereocenters. The van der Waals surface area contributed by atoms with Crippen molar-refractivity contribution >= 4 is 28.5 Å². The molecule has 0 unspecified atom stereocenters. The van der Waals surface area contributed by atoms with Crippen molar-refractivity contribution in [3.8, 4) is 0 Å². The Morgan fingerprint density at radius 1 is 1.13 bits per heavy atom. The van der Waals surface area contributed by atoms with Gasteiger partial charge in [-0.3, -0.25) is 9.59 Å². The van der Waals surface area contributed by atoms with E-state index in [0.29, 0.717) is 12.5 Å². The molecular formula is C25H28N2O3. The Hall–Kier alpha value is -3.08. The van der Waals surface area contributed by atoms with Crippen LogP contribution in [0.1, 0.15) is 54.9 Å². The van der Waals surface area contributed by atoms with Crippen LogP contribution in [0.2, 0.25) is 0 Å². The molecular weight excluding hydrogens is 376 g/mol. The smallest absolute Gasteiger partial charge is 0.227 e. The number of anilines is 1. The minimum absolute atomic E-state index is 0.0458. The van der Waals surface area contributed by atoms with Crippen LogP contribution in [0.4, 0.5) is 5.69 Å². The van der Waals surface area contributed by atoms with E-state index in [0.717, 1.165) is 40.6 Å². The summed E-state index contributed by atoms with van der Waals surface area (Å²) in [5.41, 5.74) is 6.00. The summed E-state index contributed by atoms with van der Waals surface area (Å²) >= 11 is 0. The van der Waals surface area contributed by atoms with Crippen LogP contribution in [0.25, 0.3) is 11.0 Å². The molecule has 2 amide bonds. The van der Waals surface area contributed by atoms with Gasteiger partial charge in [0, 0.05) is 29.1 Å². The highest BCUT2D eigenvalue weighted by Crippen LogP contribution is 2.30. The van der Waals surface area contributed by atoms with Crippen LogP contribution < -0.4 is 10.6 Å². The summed E-state index contributed by atoms with van der Waals surface area (Å²) in [7, 11) is 0. The van der Waals surface area contributed by atoms with Crippen LogP contribution in [-0.2, 0) is 22.6 Å². The topological polar surface area (TPSA) is 71.3 Å². The van der Waals surface area contributed by atoms with Crippen LogP contribution in [0.5, 0.6) is 0 Å². The average molecular weight is 405 g/mol. The van der Waals surface area contributed by atoms with E-state index < -0.39 is 0 Å². The molecule has 1 aliphatic carbocycles. The molecule has 1 fully saturated rings. The van der Waals surface area contributed by atoms with E-state index in [1.807, 2.05) is 24.3 Å². The Balaban J connectivity index is 1.35. The summed E-state index contributed by atoms with van der Waals surface area (Å²) in [5, 5.41) is 6.90. The lowest BCUT2D eigenvalue weighted by Crippen LogP contribution is -2.24. The lowest BCUT2D eigenvalue weighted by atomic mass is 9.95. The van der Waals surface area contributed by atoms with Gasteiger partial charge in [-0.2, -0.15) is 0 Å². The highest BCUT2D eigenvalue weighted by Gasteiger charge is 2.29.